The third kappa shape index (κ3) is 2.97. The molecule has 6 heteroatoms. The van der Waals surface area contributed by atoms with Crippen molar-refractivity contribution < 1.29 is 9.53 Å². The maximum Gasteiger partial charge on any atom is 0.274 e. The Morgan fingerprint density at radius 2 is 2.22 bits per heavy atom. The standard InChI is InChI=1S/C12H16ClN3O2/c1-8-6-16(7-12(2,3)18-8)11(17)9-4-15-10(13)5-14-9/h4-5,8H,6-7H2,1-3H3. The van der Waals surface area contributed by atoms with Crippen LogP contribution in [-0.2, 0) is 4.74 Å². The Balaban J connectivity index is 2.16. The van der Waals surface area contributed by atoms with Gasteiger partial charge in [0.25, 0.3) is 5.91 Å². The maximum absolute atomic E-state index is 12.3. The highest BCUT2D eigenvalue weighted by Crippen LogP contribution is 2.21. The Morgan fingerprint density at radius 1 is 1.50 bits per heavy atom. The number of rotatable bonds is 1. The largest absolute Gasteiger partial charge is 0.369 e. The molecular weight excluding hydrogens is 254 g/mol. The molecule has 0 aliphatic carbocycles. The average molecular weight is 270 g/mol. The second-order valence-corrected chi connectivity index (χ2v) is 5.49. The highest BCUT2D eigenvalue weighted by molar-refractivity contribution is 6.29. The first-order valence-corrected chi connectivity index (χ1v) is 6.20. The third-order valence-corrected chi connectivity index (χ3v) is 2.89. The minimum Gasteiger partial charge on any atom is -0.369 e. The van der Waals surface area contributed by atoms with Gasteiger partial charge in [-0.15, -0.1) is 0 Å². The summed E-state index contributed by atoms with van der Waals surface area (Å²) in [5.74, 6) is -0.137. The summed E-state index contributed by atoms with van der Waals surface area (Å²) in [6, 6.07) is 0. The summed E-state index contributed by atoms with van der Waals surface area (Å²) in [6.07, 6.45) is 2.79. The molecule has 1 aliphatic heterocycles. The molecule has 0 aromatic carbocycles. The SMILES string of the molecule is CC1CN(C(=O)c2cnc(Cl)cn2)CC(C)(C)O1. The van der Waals surface area contributed by atoms with E-state index in [4.69, 9.17) is 16.3 Å². The first-order valence-electron chi connectivity index (χ1n) is 5.82. The number of ether oxygens (including phenoxy) is 1. The smallest absolute Gasteiger partial charge is 0.274 e. The Hall–Kier alpha value is -1.20. The molecule has 0 saturated carbocycles. The van der Waals surface area contributed by atoms with Crippen LogP contribution in [-0.4, -0.2) is 45.6 Å². The van der Waals surface area contributed by atoms with Crippen LogP contribution in [0.4, 0.5) is 0 Å². The number of carbonyl (C=O) groups excluding carboxylic acids is 1. The van der Waals surface area contributed by atoms with Crippen molar-refractivity contribution in [1.82, 2.24) is 14.9 Å². The van der Waals surface area contributed by atoms with Crippen LogP contribution in [0.15, 0.2) is 12.4 Å². The van der Waals surface area contributed by atoms with Crippen molar-refractivity contribution >= 4 is 17.5 Å². The van der Waals surface area contributed by atoms with E-state index in [1.54, 1.807) is 4.90 Å². The molecule has 1 aliphatic rings. The molecule has 0 N–H and O–H groups in total. The molecule has 2 rings (SSSR count). The minimum atomic E-state index is -0.340. The molecule has 2 heterocycles. The monoisotopic (exact) mass is 269 g/mol. The van der Waals surface area contributed by atoms with Gasteiger partial charge in [-0.2, -0.15) is 0 Å². The van der Waals surface area contributed by atoms with Gasteiger partial charge < -0.3 is 9.64 Å². The van der Waals surface area contributed by atoms with Crippen LogP contribution in [0.2, 0.25) is 5.15 Å². The van der Waals surface area contributed by atoms with E-state index in [0.717, 1.165) is 0 Å². The van der Waals surface area contributed by atoms with Crippen LogP contribution in [0.3, 0.4) is 0 Å². The van der Waals surface area contributed by atoms with Gasteiger partial charge in [0.05, 0.1) is 24.1 Å². The van der Waals surface area contributed by atoms with Gasteiger partial charge in [0.1, 0.15) is 10.8 Å². The van der Waals surface area contributed by atoms with Crippen molar-refractivity contribution in [3.63, 3.8) is 0 Å². The second kappa shape index (κ2) is 4.82. The van der Waals surface area contributed by atoms with E-state index in [2.05, 4.69) is 9.97 Å². The van der Waals surface area contributed by atoms with E-state index >= 15 is 0 Å². The Labute approximate surface area is 111 Å². The number of morpholine rings is 1. The predicted molar refractivity (Wildman–Crippen MR) is 67.6 cm³/mol. The molecule has 1 atom stereocenters. The predicted octanol–water partition coefficient (Wildman–Crippen LogP) is 1.77. The van der Waals surface area contributed by atoms with Crippen LogP contribution in [0.1, 0.15) is 31.3 Å². The van der Waals surface area contributed by atoms with Gasteiger partial charge in [-0.1, -0.05) is 11.6 Å². The highest BCUT2D eigenvalue weighted by Gasteiger charge is 2.34. The normalized spacial score (nSPS) is 22.9. The number of aromatic nitrogens is 2. The zero-order chi connectivity index (χ0) is 13.3. The van der Waals surface area contributed by atoms with E-state index in [-0.39, 0.29) is 22.8 Å². The fraction of sp³-hybridized carbons (Fsp3) is 0.583. The summed E-state index contributed by atoms with van der Waals surface area (Å²) >= 11 is 5.65. The van der Waals surface area contributed by atoms with E-state index in [1.807, 2.05) is 20.8 Å². The number of hydrogen-bond donors (Lipinski definition) is 0. The molecule has 1 saturated heterocycles. The molecule has 1 aromatic heterocycles. The lowest BCUT2D eigenvalue weighted by molar-refractivity contribution is -0.118. The molecule has 1 unspecified atom stereocenters. The molecule has 1 fully saturated rings. The van der Waals surface area contributed by atoms with Gasteiger partial charge in [0.2, 0.25) is 0 Å². The molecule has 5 nitrogen and oxygen atoms in total. The van der Waals surface area contributed by atoms with Crippen LogP contribution in [0, 0.1) is 0 Å². The molecule has 0 radical (unpaired) electrons. The number of carbonyl (C=O) groups is 1. The quantitative estimate of drug-likeness (QED) is 0.780. The van der Waals surface area contributed by atoms with Crippen molar-refractivity contribution in [2.45, 2.75) is 32.5 Å². The van der Waals surface area contributed by atoms with Crippen molar-refractivity contribution in [1.29, 1.82) is 0 Å². The van der Waals surface area contributed by atoms with Crippen LogP contribution >= 0.6 is 11.6 Å². The van der Waals surface area contributed by atoms with Crippen LogP contribution in [0.5, 0.6) is 0 Å². The van der Waals surface area contributed by atoms with Gasteiger partial charge in [-0.25, -0.2) is 9.97 Å². The zero-order valence-electron chi connectivity index (χ0n) is 10.7. The van der Waals surface area contributed by atoms with Crippen LogP contribution < -0.4 is 0 Å². The Bertz CT molecular complexity index is 447. The number of hydrogen-bond acceptors (Lipinski definition) is 4. The number of halogens is 1. The lowest BCUT2D eigenvalue weighted by Gasteiger charge is -2.41. The summed E-state index contributed by atoms with van der Waals surface area (Å²) < 4.78 is 5.76. The third-order valence-electron chi connectivity index (χ3n) is 2.70. The van der Waals surface area contributed by atoms with Crippen molar-refractivity contribution in [2.75, 3.05) is 13.1 Å². The van der Waals surface area contributed by atoms with E-state index in [9.17, 15) is 4.79 Å². The molecular formula is C12H16ClN3O2. The molecule has 1 aromatic rings. The van der Waals surface area contributed by atoms with Crippen molar-refractivity contribution in [3.05, 3.63) is 23.2 Å². The Kier molecular flexibility index (Phi) is 3.54. The average Bonchev–Trinajstić information content (AvgIpc) is 2.26. The second-order valence-electron chi connectivity index (χ2n) is 5.10. The lowest BCUT2D eigenvalue weighted by atomic mass is 10.1. The van der Waals surface area contributed by atoms with E-state index < -0.39 is 0 Å². The first-order chi connectivity index (χ1) is 8.37. The zero-order valence-corrected chi connectivity index (χ0v) is 11.4. The topological polar surface area (TPSA) is 55.3 Å². The van der Waals surface area contributed by atoms with E-state index in [1.165, 1.54) is 12.4 Å². The fourth-order valence-electron chi connectivity index (χ4n) is 2.19. The summed E-state index contributed by atoms with van der Waals surface area (Å²) in [7, 11) is 0. The molecule has 0 spiro atoms. The molecule has 0 bridgehead atoms. The summed E-state index contributed by atoms with van der Waals surface area (Å²) in [5.41, 5.74) is -0.0306. The van der Waals surface area contributed by atoms with Gasteiger partial charge in [0, 0.05) is 13.1 Å². The van der Waals surface area contributed by atoms with Crippen molar-refractivity contribution in [3.8, 4) is 0 Å². The fourth-order valence-corrected chi connectivity index (χ4v) is 2.29. The maximum atomic E-state index is 12.3. The first kappa shape index (κ1) is 13.2. The molecule has 98 valence electrons. The van der Waals surface area contributed by atoms with E-state index in [0.29, 0.717) is 18.8 Å². The van der Waals surface area contributed by atoms with Gasteiger partial charge in [0.15, 0.2) is 0 Å². The van der Waals surface area contributed by atoms with Gasteiger partial charge in [-0.05, 0) is 20.8 Å². The summed E-state index contributed by atoms with van der Waals surface area (Å²) in [6.45, 7) is 6.99. The number of nitrogens with zero attached hydrogens (tertiary/aromatic N) is 3. The lowest BCUT2D eigenvalue weighted by Crippen LogP contribution is -2.53. The number of amides is 1. The summed E-state index contributed by atoms with van der Waals surface area (Å²) in [5, 5.41) is 0.280. The highest BCUT2D eigenvalue weighted by atomic mass is 35.5. The Morgan fingerprint density at radius 3 is 2.78 bits per heavy atom. The van der Waals surface area contributed by atoms with Gasteiger partial charge in [-0.3, -0.25) is 4.79 Å². The van der Waals surface area contributed by atoms with Crippen molar-refractivity contribution in [2.24, 2.45) is 0 Å². The van der Waals surface area contributed by atoms with Gasteiger partial charge >= 0.3 is 0 Å². The van der Waals surface area contributed by atoms with Crippen LogP contribution in [0.25, 0.3) is 0 Å². The molecule has 1 amide bonds. The summed E-state index contributed by atoms with van der Waals surface area (Å²) in [4.78, 5) is 21.9. The molecule has 18 heavy (non-hydrogen) atoms. The minimum absolute atomic E-state index is 0.0120.